The molecule has 0 aliphatic carbocycles. The average molecular weight is 492 g/mol. The average Bonchev–Trinajstić information content (AvgIpc) is 3.35. The zero-order valence-corrected chi connectivity index (χ0v) is 19.8. The number of benzene rings is 2. The molecule has 2 aromatic carbocycles. The van der Waals surface area contributed by atoms with Gasteiger partial charge in [-0.1, -0.05) is 30.3 Å². The van der Waals surface area contributed by atoms with Gasteiger partial charge in [-0.15, -0.1) is 11.3 Å². The number of nitrogens with zero attached hydrogens (tertiary/aromatic N) is 3. The lowest BCUT2D eigenvalue weighted by atomic mass is 10.1. The SMILES string of the molecule is CNC(C)C(=O)Nc1cnc(-c2ccccc2)n(Cc2nc(C(=O)c3ccc(F)cc3)cs2)c1=O. The van der Waals surface area contributed by atoms with Crippen LogP contribution >= 0.6 is 11.3 Å². The summed E-state index contributed by atoms with van der Waals surface area (Å²) < 4.78 is 14.6. The molecular formula is C25H22FN5O3S. The summed E-state index contributed by atoms with van der Waals surface area (Å²) in [6, 6.07) is 13.9. The molecule has 35 heavy (non-hydrogen) atoms. The predicted molar refractivity (Wildman–Crippen MR) is 132 cm³/mol. The Balaban J connectivity index is 1.69. The maximum absolute atomic E-state index is 13.4. The number of halogens is 1. The molecule has 1 amide bonds. The van der Waals surface area contributed by atoms with Crippen LogP contribution in [0.5, 0.6) is 0 Å². The minimum Gasteiger partial charge on any atom is -0.319 e. The molecule has 2 N–H and O–H groups in total. The largest absolute Gasteiger partial charge is 0.319 e. The van der Waals surface area contributed by atoms with Crippen molar-refractivity contribution < 1.29 is 14.0 Å². The van der Waals surface area contributed by atoms with Gasteiger partial charge in [0.2, 0.25) is 11.7 Å². The fourth-order valence-electron chi connectivity index (χ4n) is 3.29. The molecule has 1 atom stereocenters. The molecule has 0 aliphatic rings. The Morgan fingerprint density at radius 1 is 1.11 bits per heavy atom. The molecule has 0 saturated heterocycles. The Morgan fingerprint density at radius 3 is 2.51 bits per heavy atom. The summed E-state index contributed by atoms with van der Waals surface area (Å²) in [6.45, 7) is 1.72. The smallest absolute Gasteiger partial charge is 0.277 e. The number of hydrogen-bond donors (Lipinski definition) is 2. The highest BCUT2D eigenvalue weighted by molar-refractivity contribution is 7.09. The molecule has 8 nitrogen and oxygen atoms in total. The Labute approximate surface area is 204 Å². The highest BCUT2D eigenvalue weighted by Gasteiger charge is 2.19. The van der Waals surface area contributed by atoms with E-state index in [2.05, 4.69) is 20.6 Å². The Hall–Kier alpha value is -4.02. The highest BCUT2D eigenvalue weighted by Crippen LogP contribution is 2.20. The van der Waals surface area contributed by atoms with Crippen LogP contribution in [-0.2, 0) is 11.3 Å². The summed E-state index contributed by atoms with van der Waals surface area (Å²) in [5.41, 5.74) is 0.819. The standard InChI is InChI=1S/C25H22FN5O3S/c1-15(27-2)24(33)30-19-12-28-23(17-6-4-3-5-7-17)31(25(19)34)13-21-29-20(14-35-21)22(32)16-8-10-18(26)11-9-16/h3-12,14-15,27H,13H2,1-2H3,(H,30,33). The van der Waals surface area contributed by atoms with Crippen molar-refractivity contribution >= 4 is 28.7 Å². The number of anilines is 1. The van der Waals surface area contributed by atoms with Crippen molar-refractivity contribution in [1.29, 1.82) is 0 Å². The number of ketones is 1. The molecule has 0 spiro atoms. The van der Waals surface area contributed by atoms with Gasteiger partial charge >= 0.3 is 0 Å². The van der Waals surface area contributed by atoms with E-state index in [1.807, 2.05) is 30.3 Å². The quantitative estimate of drug-likeness (QED) is 0.366. The van der Waals surface area contributed by atoms with E-state index in [4.69, 9.17) is 0 Å². The van der Waals surface area contributed by atoms with Crippen molar-refractivity contribution in [3.05, 3.63) is 98.6 Å². The van der Waals surface area contributed by atoms with Gasteiger partial charge in [-0.3, -0.25) is 19.0 Å². The van der Waals surface area contributed by atoms with Crippen molar-refractivity contribution in [2.24, 2.45) is 0 Å². The first kappa shape index (κ1) is 24.1. The second kappa shape index (κ2) is 10.5. The van der Waals surface area contributed by atoms with Gasteiger partial charge in [-0.2, -0.15) is 0 Å². The number of amides is 1. The number of hydrogen-bond acceptors (Lipinski definition) is 7. The van der Waals surface area contributed by atoms with E-state index >= 15 is 0 Å². The minimum atomic E-state index is -0.504. The normalized spacial score (nSPS) is 11.7. The van der Waals surface area contributed by atoms with Gasteiger partial charge < -0.3 is 10.6 Å². The van der Waals surface area contributed by atoms with Crippen LogP contribution in [0, 0.1) is 5.82 Å². The molecule has 0 bridgehead atoms. The molecule has 0 saturated carbocycles. The van der Waals surface area contributed by atoms with E-state index in [0.29, 0.717) is 22.0 Å². The van der Waals surface area contributed by atoms with Gasteiger partial charge in [0.05, 0.1) is 18.8 Å². The summed E-state index contributed by atoms with van der Waals surface area (Å²) in [6.07, 6.45) is 1.34. The predicted octanol–water partition coefficient (Wildman–Crippen LogP) is 3.33. The zero-order chi connectivity index (χ0) is 24.9. The molecule has 0 aliphatic heterocycles. The van der Waals surface area contributed by atoms with Crippen LogP contribution in [0.2, 0.25) is 0 Å². The van der Waals surface area contributed by atoms with Crippen LogP contribution in [0.4, 0.5) is 10.1 Å². The van der Waals surface area contributed by atoms with E-state index < -0.39 is 17.4 Å². The first-order chi connectivity index (χ1) is 16.9. The lowest BCUT2D eigenvalue weighted by Crippen LogP contribution is -2.38. The number of rotatable bonds is 8. The van der Waals surface area contributed by atoms with E-state index in [1.54, 1.807) is 19.4 Å². The molecule has 0 radical (unpaired) electrons. The summed E-state index contributed by atoms with van der Waals surface area (Å²) in [4.78, 5) is 47.3. The second-order valence-corrected chi connectivity index (χ2v) is 8.66. The van der Waals surface area contributed by atoms with Crippen LogP contribution in [-0.4, -0.2) is 39.3 Å². The highest BCUT2D eigenvalue weighted by atomic mass is 32.1. The Morgan fingerprint density at radius 2 is 1.83 bits per heavy atom. The molecule has 2 heterocycles. The van der Waals surface area contributed by atoms with E-state index in [0.717, 1.165) is 0 Å². The van der Waals surface area contributed by atoms with E-state index in [-0.39, 0.29) is 29.6 Å². The third-order valence-corrected chi connectivity index (χ3v) is 6.18. The number of thiazole rings is 1. The minimum absolute atomic E-state index is 0.0379. The van der Waals surface area contributed by atoms with Gasteiger partial charge in [0.15, 0.2) is 0 Å². The van der Waals surface area contributed by atoms with Gasteiger partial charge in [0, 0.05) is 16.5 Å². The van der Waals surface area contributed by atoms with Crippen LogP contribution in [0.15, 0.2) is 71.0 Å². The van der Waals surface area contributed by atoms with Gasteiger partial charge in [-0.05, 0) is 38.2 Å². The molecule has 4 aromatic rings. The first-order valence-electron chi connectivity index (χ1n) is 10.8. The molecule has 4 rings (SSSR count). The molecule has 2 aromatic heterocycles. The first-order valence-corrected chi connectivity index (χ1v) is 11.6. The molecule has 178 valence electrons. The number of carbonyl (C=O) groups excluding carboxylic acids is 2. The maximum atomic E-state index is 13.4. The Kier molecular flexibility index (Phi) is 7.23. The van der Waals surface area contributed by atoms with Crippen LogP contribution in [0.1, 0.15) is 28.0 Å². The Bertz CT molecular complexity index is 1420. The van der Waals surface area contributed by atoms with Crippen molar-refractivity contribution in [2.45, 2.75) is 19.5 Å². The molecule has 10 heteroatoms. The zero-order valence-electron chi connectivity index (χ0n) is 19.0. The lowest BCUT2D eigenvalue weighted by molar-refractivity contribution is -0.117. The monoisotopic (exact) mass is 491 g/mol. The van der Waals surface area contributed by atoms with E-state index in [1.165, 1.54) is 46.4 Å². The summed E-state index contributed by atoms with van der Waals surface area (Å²) in [5, 5.41) is 7.54. The summed E-state index contributed by atoms with van der Waals surface area (Å²) in [7, 11) is 1.65. The maximum Gasteiger partial charge on any atom is 0.277 e. The van der Waals surface area contributed by atoms with Crippen molar-refractivity contribution in [3.63, 3.8) is 0 Å². The molecule has 0 fully saturated rings. The van der Waals surface area contributed by atoms with Crippen LogP contribution < -0.4 is 16.2 Å². The number of carbonyl (C=O) groups is 2. The molecular weight excluding hydrogens is 469 g/mol. The summed E-state index contributed by atoms with van der Waals surface area (Å²) in [5.74, 6) is -0.746. The topological polar surface area (TPSA) is 106 Å². The van der Waals surface area contributed by atoms with Crippen LogP contribution in [0.3, 0.4) is 0 Å². The van der Waals surface area contributed by atoms with Gasteiger partial charge in [0.25, 0.3) is 5.56 Å². The number of aromatic nitrogens is 3. The van der Waals surface area contributed by atoms with Gasteiger partial charge in [0.1, 0.15) is 28.0 Å². The van der Waals surface area contributed by atoms with Crippen molar-refractivity contribution in [3.8, 4) is 11.4 Å². The summed E-state index contributed by atoms with van der Waals surface area (Å²) >= 11 is 1.22. The number of nitrogens with one attached hydrogen (secondary N) is 2. The van der Waals surface area contributed by atoms with Gasteiger partial charge in [-0.25, -0.2) is 14.4 Å². The number of likely N-dealkylation sites (N-methyl/N-ethyl adjacent to an activating group) is 1. The fourth-order valence-corrected chi connectivity index (χ4v) is 4.05. The fraction of sp³-hybridized carbons (Fsp3) is 0.160. The van der Waals surface area contributed by atoms with E-state index in [9.17, 15) is 18.8 Å². The third-order valence-electron chi connectivity index (χ3n) is 5.35. The van der Waals surface area contributed by atoms with Crippen molar-refractivity contribution in [1.82, 2.24) is 19.9 Å². The van der Waals surface area contributed by atoms with Crippen molar-refractivity contribution in [2.75, 3.05) is 12.4 Å². The lowest BCUT2D eigenvalue weighted by Gasteiger charge is -2.15. The van der Waals surface area contributed by atoms with Crippen LogP contribution in [0.25, 0.3) is 11.4 Å². The molecule has 1 unspecified atom stereocenters. The third kappa shape index (κ3) is 5.39. The second-order valence-electron chi connectivity index (χ2n) is 7.71.